The molecule has 1 atom stereocenters. The average molecular weight is 403 g/mol. The number of esters is 2. The Bertz CT molecular complexity index is 874. The zero-order valence-electron chi connectivity index (χ0n) is 16.0. The van der Waals surface area contributed by atoms with Crippen LogP contribution in [-0.4, -0.2) is 40.1 Å². The third kappa shape index (κ3) is 8.67. The minimum Gasteiger partial charge on any atom is -0.479 e. The van der Waals surface area contributed by atoms with E-state index in [4.69, 9.17) is 19.7 Å². The fourth-order valence-electron chi connectivity index (χ4n) is 1.85. The molecule has 1 amide bonds. The number of carboxylic acids is 1. The van der Waals surface area contributed by atoms with Crippen molar-refractivity contribution in [3.63, 3.8) is 0 Å². The van der Waals surface area contributed by atoms with Crippen molar-refractivity contribution in [1.29, 1.82) is 0 Å². The van der Waals surface area contributed by atoms with Crippen LogP contribution in [0.5, 0.6) is 11.5 Å². The van der Waals surface area contributed by atoms with Crippen LogP contribution >= 0.6 is 0 Å². The summed E-state index contributed by atoms with van der Waals surface area (Å²) >= 11 is 0. The van der Waals surface area contributed by atoms with Crippen molar-refractivity contribution in [2.24, 2.45) is 0 Å². The van der Waals surface area contributed by atoms with Crippen molar-refractivity contribution in [3.05, 3.63) is 54.1 Å². The van der Waals surface area contributed by atoms with E-state index >= 15 is 0 Å². The van der Waals surface area contributed by atoms with Crippen molar-refractivity contribution in [2.45, 2.75) is 26.9 Å². The Labute approximate surface area is 166 Å². The number of carbonyl (C=O) groups excluding carboxylic acids is 3. The highest BCUT2D eigenvalue weighted by Crippen LogP contribution is 2.22. The Morgan fingerprint density at radius 2 is 1.48 bits per heavy atom. The van der Waals surface area contributed by atoms with Gasteiger partial charge in [0.1, 0.15) is 23.2 Å². The molecule has 0 saturated carbocycles. The molecule has 0 spiro atoms. The lowest BCUT2D eigenvalue weighted by atomic mass is 10.2. The first-order valence-electron chi connectivity index (χ1n) is 8.38. The molecular weight excluding hydrogens is 382 g/mol. The SMILES string of the molecule is CC(=O)Nc1ccc(OC(=O)c2ccccc2OC(C)=O)cc1.CC(O)C(=O)O. The molecule has 0 saturated heterocycles. The molecule has 0 aliphatic heterocycles. The van der Waals surface area contributed by atoms with Crippen molar-refractivity contribution in [2.75, 3.05) is 5.32 Å². The van der Waals surface area contributed by atoms with Crippen LogP contribution in [0.4, 0.5) is 5.69 Å². The molecule has 1 unspecified atom stereocenters. The number of carboxylic acid groups (broad SMARTS) is 1. The summed E-state index contributed by atoms with van der Waals surface area (Å²) in [5.41, 5.74) is 0.742. The summed E-state index contributed by atoms with van der Waals surface area (Å²) < 4.78 is 10.2. The predicted molar refractivity (Wildman–Crippen MR) is 103 cm³/mol. The van der Waals surface area contributed by atoms with E-state index in [1.54, 1.807) is 36.4 Å². The van der Waals surface area contributed by atoms with Gasteiger partial charge in [-0.05, 0) is 43.3 Å². The second-order valence-electron chi connectivity index (χ2n) is 5.70. The van der Waals surface area contributed by atoms with Gasteiger partial charge in [0, 0.05) is 19.5 Å². The van der Waals surface area contributed by atoms with E-state index in [1.165, 1.54) is 32.9 Å². The van der Waals surface area contributed by atoms with Gasteiger partial charge in [-0.1, -0.05) is 12.1 Å². The summed E-state index contributed by atoms with van der Waals surface area (Å²) in [6, 6.07) is 12.6. The van der Waals surface area contributed by atoms with Crippen LogP contribution in [0.15, 0.2) is 48.5 Å². The van der Waals surface area contributed by atoms with E-state index in [9.17, 15) is 19.2 Å². The molecule has 2 aromatic rings. The number of hydrogen-bond donors (Lipinski definition) is 3. The number of aliphatic carboxylic acids is 1. The van der Waals surface area contributed by atoms with Crippen LogP contribution in [-0.2, 0) is 14.4 Å². The van der Waals surface area contributed by atoms with Crippen molar-refractivity contribution < 1.29 is 38.9 Å². The van der Waals surface area contributed by atoms with Crippen LogP contribution in [0.3, 0.4) is 0 Å². The fourth-order valence-corrected chi connectivity index (χ4v) is 1.85. The molecule has 0 aromatic heterocycles. The van der Waals surface area contributed by atoms with Crippen LogP contribution in [0.1, 0.15) is 31.1 Å². The van der Waals surface area contributed by atoms with Gasteiger partial charge in [0.2, 0.25) is 5.91 Å². The zero-order chi connectivity index (χ0) is 22.0. The molecule has 0 bridgehead atoms. The maximum atomic E-state index is 12.2. The molecule has 2 aromatic carbocycles. The first-order chi connectivity index (χ1) is 13.6. The summed E-state index contributed by atoms with van der Waals surface area (Å²) in [5, 5.41) is 18.4. The maximum Gasteiger partial charge on any atom is 0.347 e. The lowest BCUT2D eigenvalue weighted by Gasteiger charge is -2.09. The number of anilines is 1. The monoisotopic (exact) mass is 403 g/mol. The summed E-state index contributed by atoms with van der Waals surface area (Å²) in [7, 11) is 0. The van der Waals surface area contributed by atoms with Crippen molar-refractivity contribution >= 4 is 29.5 Å². The lowest BCUT2D eigenvalue weighted by Crippen LogP contribution is -2.13. The predicted octanol–water partition coefficient (Wildman–Crippen LogP) is 2.24. The van der Waals surface area contributed by atoms with Gasteiger partial charge in [0.25, 0.3) is 0 Å². The smallest absolute Gasteiger partial charge is 0.347 e. The van der Waals surface area contributed by atoms with Crippen LogP contribution in [0.2, 0.25) is 0 Å². The van der Waals surface area contributed by atoms with E-state index in [-0.39, 0.29) is 17.2 Å². The number of benzene rings is 2. The molecule has 29 heavy (non-hydrogen) atoms. The second-order valence-corrected chi connectivity index (χ2v) is 5.70. The van der Waals surface area contributed by atoms with Gasteiger partial charge in [-0.25, -0.2) is 9.59 Å². The summed E-state index contributed by atoms with van der Waals surface area (Å²) in [4.78, 5) is 43.7. The number of aliphatic hydroxyl groups is 1. The molecule has 0 aliphatic carbocycles. The van der Waals surface area contributed by atoms with Crippen molar-refractivity contribution in [3.8, 4) is 11.5 Å². The summed E-state index contributed by atoms with van der Waals surface area (Å²) in [6.07, 6.45) is -1.23. The Morgan fingerprint density at radius 3 is 1.97 bits per heavy atom. The number of carbonyl (C=O) groups is 4. The fraction of sp³-hybridized carbons (Fsp3) is 0.200. The normalized spacial score (nSPS) is 10.6. The van der Waals surface area contributed by atoms with Gasteiger partial charge in [0.05, 0.1) is 0 Å². The number of nitrogens with one attached hydrogen (secondary N) is 1. The van der Waals surface area contributed by atoms with E-state index in [1.807, 2.05) is 0 Å². The Morgan fingerprint density at radius 1 is 0.931 bits per heavy atom. The first-order valence-corrected chi connectivity index (χ1v) is 8.38. The molecule has 0 aliphatic rings. The molecule has 0 fully saturated rings. The Kier molecular flexibility index (Phi) is 9.00. The van der Waals surface area contributed by atoms with Gasteiger partial charge >= 0.3 is 17.9 Å². The maximum absolute atomic E-state index is 12.2. The Balaban J connectivity index is 0.000000612. The number of para-hydroxylation sites is 1. The zero-order valence-corrected chi connectivity index (χ0v) is 16.0. The molecule has 0 heterocycles. The minimum atomic E-state index is -1.23. The van der Waals surface area contributed by atoms with E-state index in [0.717, 1.165) is 0 Å². The summed E-state index contributed by atoms with van der Waals surface area (Å²) in [5.74, 6) is -2.10. The third-order valence-corrected chi connectivity index (χ3v) is 3.10. The average Bonchev–Trinajstić information content (AvgIpc) is 2.63. The summed E-state index contributed by atoms with van der Waals surface area (Å²) in [6.45, 7) is 3.85. The van der Waals surface area contributed by atoms with E-state index < -0.39 is 24.0 Å². The topological polar surface area (TPSA) is 139 Å². The molecule has 2 rings (SSSR count). The number of hydrogen-bond acceptors (Lipinski definition) is 7. The van der Waals surface area contributed by atoms with Crippen LogP contribution < -0.4 is 14.8 Å². The molecule has 9 heteroatoms. The number of aliphatic hydroxyl groups excluding tert-OH is 1. The highest BCUT2D eigenvalue weighted by atomic mass is 16.5. The largest absolute Gasteiger partial charge is 0.479 e. The van der Waals surface area contributed by atoms with Gasteiger partial charge in [-0.2, -0.15) is 0 Å². The van der Waals surface area contributed by atoms with Gasteiger partial charge in [-0.15, -0.1) is 0 Å². The second kappa shape index (κ2) is 11.2. The van der Waals surface area contributed by atoms with E-state index in [0.29, 0.717) is 11.4 Å². The lowest BCUT2D eigenvalue weighted by molar-refractivity contribution is -0.145. The Hall–Kier alpha value is -3.72. The number of rotatable bonds is 5. The molecule has 0 radical (unpaired) electrons. The van der Waals surface area contributed by atoms with E-state index in [2.05, 4.69) is 5.32 Å². The minimum absolute atomic E-state index is 0.139. The standard InChI is InChI=1S/C17H15NO5.C3H6O3/c1-11(19)18-13-7-9-14(10-8-13)23-17(21)15-5-3-4-6-16(15)22-12(2)20;1-2(4)3(5)6/h3-10H,1-2H3,(H,18,19);2,4H,1H3,(H,5,6). The van der Waals surface area contributed by atoms with Crippen LogP contribution in [0, 0.1) is 0 Å². The van der Waals surface area contributed by atoms with Gasteiger partial charge in [0.15, 0.2) is 0 Å². The number of ether oxygens (including phenoxy) is 2. The van der Waals surface area contributed by atoms with Crippen molar-refractivity contribution in [1.82, 2.24) is 0 Å². The molecule has 154 valence electrons. The quantitative estimate of drug-likeness (QED) is 0.510. The first kappa shape index (κ1) is 23.3. The third-order valence-electron chi connectivity index (χ3n) is 3.10. The highest BCUT2D eigenvalue weighted by molar-refractivity contribution is 5.95. The highest BCUT2D eigenvalue weighted by Gasteiger charge is 2.15. The van der Waals surface area contributed by atoms with Gasteiger partial charge in [-0.3, -0.25) is 9.59 Å². The number of amides is 1. The van der Waals surface area contributed by atoms with Crippen LogP contribution in [0.25, 0.3) is 0 Å². The van der Waals surface area contributed by atoms with Gasteiger partial charge < -0.3 is 25.0 Å². The molecular formula is C20H21NO8. The molecule has 9 nitrogen and oxygen atoms in total. The molecule has 3 N–H and O–H groups in total.